The van der Waals surface area contributed by atoms with E-state index in [1.807, 2.05) is 0 Å². The van der Waals surface area contributed by atoms with Gasteiger partial charge in [-0.05, 0) is 57.9 Å². The molecule has 0 amide bonds. The molecule has 3 N–H and O–H groups in total. The van der Waals surface area contributed by atoms with E-state index in [1.165, 1.54) is 6.07 Å². The van der Waals surface area contributed by atoms with Crippen molar-refractivity contribution in [3.63, 3.8) is 0 Å². The highest BCUT2D eigenvalue weighted by Crippen LogP contribution is 2.25. The van der Waals surface area contributed by atoms with Gasteiger partial charge in [0.1, 0.15) is 5.75 Å². The molecule has 0 aliphatic rings. The fourth-order valence-corrected chi connectivity index (χ4v) is 2.85. The first-order chi connectivity index (χ1) is 8.00. The lowest BCUT2D eigenvalue weighted by atomic mass is 10.1. The summed E-state index contributed by atoms with van der Waals surface area (Å²) in [5, 5.41) is 9.52. The lowest BCUT2D eigenvalue weighted by Gasteiger charge is -2.21. The molecular weight excluding hydrogens is 252 g/mol. The monoisotopic (exact) mass is 272 g/mol. The summed E-state index contributed by atoms with van der Waals surface area (Å²) in [6, 6.07) is 3.14. The Morgan fingerprint density at radius 1 is 1.11 bits per heavy atom. The summed E-state index contributed by atoms with van der Waals surface area (Å²) in [4.78, 5) is 0. The van der Waals surface area contributed by atoms with Gasteiger partial charge in [0.2, 0.25) is 0 Å². The van der Waals surface area contributed by atoms with Crippen LogP contribution in [0.4, 0.5) is 5.69 Å². The van der Waals surface area contributed by atoms with E-state index in [-0.39, 0.29) is 5.75 Å². The smallest absolute Gasteiger partial charge is 0.299 e. The molecular formula is C12H20N2O3S. The molecule has 0 unspecified atom stereocenters. The molecule has 0 heterocycles. The summed E-state index contributed by atoms with van der Waals surface area (Å²) in [7, 11) is -3.63. The van der Waals surface area contributed by atoms with Gasteiger partial charge in [0.25, 0.3) is 10.2 Å². The molecule has 6 heteroatoms. The van der Waals surface area contributed by atoms with E-state index < -0.39 is 15.7 Å². The highest BCUT2D eigenvalue weighted by atomic mass is 32.2. The molecule has 0 spiro atoms. The average Bonchev–Trinajstić information content (AvgIpc) is 2.09. The third-order valence-electron chi connectivity index (χ3n) is 2.23. The van der Waals surface area contributed by atoms with Crippen molar-refractivity contribution in [1.29, 1.82) is 0 Å². The zero-order chi connectivity index (χ0) is 14.1. The highest BCUT2D eigenvalue weighted by molar-refractivity contribution is 7.90. The SMILES string of the molecule is Cc1cc(NS(=O)(=O)NC(C)(C)C)c(C)cc1O. The van der Waals surface area contributed by atoms with Crippen LogP contribution in [0.3, 0.4) is 0 Å². The van der Waals surface area contributed by atoms with Gasteiger partial charge < -0.3 is 5.11 Å². The molecule has 0 atom stereocenters. The van der Waals surface area contributed by atoms with Crippen molar-refractivity contribution in [2.45, 2.75) is 40.2 Å². The van der Waals surface area contributed by atoms with Crippen molar-refractivity contribution in [2.24, 2.45) is 0 Å². The molecule has 0 fully saturated rings. The summed E-state index contributed by atoms with van der Waals surface area (Å²) < 4.78 is 28.7. The van der Waals surface area contributed by atoms with Crippen LogP contribution in [-0.2, 0) is 10.2 Å². The van der Waals surface area contributed by atoms with Crippen molar-refractivity contribution in [2.75, 3.05) is 4.72 Å². The molecule has 0 saturated heterocycles. The first-order valence-corrected chi connectivity index (χ1v) is 7.10. The topological polar surface area (TPSA) is 78.4 Å². The van der Waals surface area contributed by atoms with Gasteiger partial charge in [0, 0.05) is 5.54 Å². The van der Waals surface area contributed by atoms with Gasteiger partial charge in [-0.25, -0.2) is 0 Å². The van der Waals surface area contributed by atoms with Gasteiger partial charge in [-0.15, -0.1) is 0 Å². The van der Waals surface area contributed by atoms with Crippen LogP contribution in [0.2, 0.25) is 0 Å². The molecule has 0 radical (unpaired) electrons. The average molecular weight is 272 g/mol. The van der Waals surface area contributed by atoms with E-state index in [4.69, 9.17) is 0 Å². The Hall–Kier alpha value is -1.27. The Bertz CT molecular complexity index is 545. The molecule has 0 aliphatic heterocycles. The number of phenolic OH excluding ortho intramolecular Hbond substituents is 1. The minimum Gasteiger partial charge on any atom is -0.508 e. The van der Waals surface area contributed by atoms with Gasteiger partial charge in [-0.3, -0.25) is 4.72 Å². The van der Waals surface area contributed by atoms with Gasteiger partial charge >= 0.3 is 0 Å². The quantitative estimate of drug-likeness (QED) is 0.737. The Labute approximate surface area is 108 Å². The van der Waals surface area contributed by atoms with Gasteiger partial charge in [-0.1, -0.05) is 0 Å². The Morgan fingerprint density at radius 2 is 1.67 bits per heavy atom. The van der Waals surface area contributed by atoms with E-state index in [1.54, 1.807) is 40.7 Å². The maximum Gasteiger partial charge on any atom is 0.299 e. The predicted octanol–water partition coefficient (Wildman–Crippen LogP) is 2.05. The van der Waals surface area contributed by atoms with Gasteiger partial charge in [0.05, 0.1) is 5.69 Å². The molecule has 1 rings (SSSR count). The van der Waals surface area contributed by atoms with E-state index >= 15 is 0 Å². The Kier molecular flexibility index (Phi) is 3.92. The molecule has 102 valence electrons. The minimum atomic E-state index is -3.63. The van der Waals surface area contributed by atoms with Crippen LogP contribution in [0.25, 0.3) is 0 Å². The zero-order valence-corrected chi connectivity index (χ0v) is 12.1. The number of aromatic hydroxyl groups is 1. The zero-order valence-electron chi connectivity index (χ0n) is 11.3. The Morgan fingerprint density at radius 3 is 2.17 bits per heavy atom. The molecule has 0 saturated carbocycles. The van der Waals surface area contributed by atoms with Crippen LogP contribution in [-0.4, -0.2) is 19.1 Å². The molecule has 18 heavy (non-hydrogen) atoms. The predicted molar refractivity (Wildman–Crippen MR) is 73.0 cm³/mol. The van der Waals surface area contributed by atoms with Crippen molar-refractivity contribution in [1.82, 2.24) is 4.72 Å². The third-order valence-corrected chi connectivity index (χ3v) is 3.60. The number of nitrogens with one attached hydrogen (secondary N) is 2. The first kappa shape index (κ1) is 14.8. The van der Waals surface area contributed by atoms with Crippen LogP contribution in [0.1, 0.15) is 31.9 Å². The van der Waals surface area contributed by atoms with E-state index in [0.29, 0.717) is 16.8 Å². The summed E-state index contributed by atoms with van der Waals surface area (Å²) >= 11 is 0. The van der Waals surface area contributed by atoms with Crippen LogP contribution in [0.5, 0.6) is 5.75 Å². The molecule has 5 nitrogen and oxygen atoms in total. The van der Waals surface area contributed by atoms with Crippen molar-refractivity contribution >= 4 is 15.9 Å². The summed E-state index contributed by atoms with van der Waals surface area (Å²) in [5.41, 5.74) is 1.19. The summed E-state index contributed by atoms with van der Waals surface area (Å²) in [6.07, 6.45) is 0. The summed E-state index contributed by atoms with van der Waals surface area (Å²) in [5.74, 6) is 0.152. The van der Waals surface area contributed by atoms with Crippen LogP contribution in [0.15, 0.2) is 12.1 Å². The maximum absolute atomic E-state index is 11.9. The number of hydrogen-bond donors (Lipinski definition) is 3. The molecule has 1 aromatic rings. The van der Waals surface area contributed by atoms with E-state index in [2.05, 4.69) is 9.44 Å². The number of phenols is 1. The second-order valence-electron chi connectivity index (χ2n) is 5.41. The highest BCUT2D eigenvalue weighted by Gasteiger charge is 2.20. The molecule has 0 aliphatic carbocycles. The number of hydrogen-bond acceptors (Lipinski definition) is 3. The second kappa shape index (κ2) is 4.78. The number of anilines is 1. The standard InChI is InChI=1S/C12H20N2O3S/c1-8-7-11(15)9(2)6-10(8)13-18(16,17)14-12(3,4)5/h6-7,13-15H,1-5H3. The number of rotatable bonds is 3. The first-order valence-electron chi connectivity index (χ1n) is 5.62. The molecule has 0 aromatic heterocycles. The van der Waals surface area contributed by atoms with Crippen LogP contribution in [0, 0.1) is 13.8 Å². The van der Waals surface area contributed by atoms with Gasteiger partial charge in [0.15, 0.2) is 0 Å². The van der Waals surface area contributed by atoms with Crippen LogP contribution < -0.4 is 9.44 Å². The summed E-state index contributed by atoms with van der Waals surface area (Å²) in [6.45, 7) is 8.74. The normalized spacial score (nSPS) is 12.5. The number of benzene rings is 1. The van der Waals surface area contributed by atoms with E-state index in [9.17, 15) is 13.5 Å². The van der Waals surface area contributed by atoms with Gasteiger partial charge in [-0.2, -0.15) is 13.1 Å². The van der Waals surface area contributed by atoms with Crippen molar-refractivity contribution < 1.29 is 13.5 Å². The Balaban J connectivity index is 3.02. The molecule has 1 aromatic carbocycles. The van der Waals surface area contributed by atoms with Crippen molar-refractivity contribution in [3.05, 3.63) is 23.3 Å². The van der Waals surface area contributed by atoms with E-state index in [0.717, 1.165) is 0 Å². The largest absolute Gasteiger partial charge is 0.508 e. The second-order valence-corrected chi connectivity index (χ2v) is 6.83. The number of aryl methyl sites for hydroxylation is 2. The lowest BCUT2D eigenvalue weighted by Crippen LogP contribution is -2.43. The molecule has 0 bridgehead atoms. The maximum atomic E-state index is 11.9. The van der Waals surface area contributed by atoms with Crippen LogP contribution >= 0.6 is 0 Å². The minimum absolute atomic E-state index is 0.152. The van der Waals surface area contributed by atoms with Crippen molar-refractivity contribution in [3.8, 4) is 5.75 Å². The third kappa shape index (κ3) is 4.19. The fraction of sp³-hybridized carbons (Fsp3) is 0.500. The fourth-order valence-electron chi connectivity index (χ4n) is 1.48. The lowest BCUT2D eigenvalue weighted by molar-refractivity contribution is 0.470.